The molecule has 0 spiro atoms. The first kappa shape index (κ1) is 13.6. The summed E-state index contributed by atoms with van der Waals surface area (Å²) in [6.45, 7) is 5.68. The second-order valence-electron chi connectivity index (χ2n) is 3.66. The molecule has 0 amide bonds. The van der Waals surface area contributed by atoms with Crippen molar-refractivity contribution in [1.82, 2.24) is 5.32 Å². The largest absolute Gasteiger partial charge is 0.491 e. The molecule has 2 nitrogen and oxygen atoms in total. The molecule has 0 heterocycles. The van der Waals surface area contributed by atoms with Crippen LogP contribution in [0.2, 0.25) is 10.0 Å². The van der Waals surface area contributed by atoms with E-state index in [-0.39, 0.29) is 0 Å². The molecule has 0 aliphatic carbocycles. The smallest absolute Gasteiger partial charge is 0.139 e. The van der Waals surface area contributed by atoms with E-state index in [1.54, 1.807) is 6.07 Å². The van der Waals surface area contributed by atoms with Crippen molar-refractivity contribution in [2.45, 2.75) is 26.3 Å². The lowest BCUT2D eigenvalue weighted by atomic mass is 10.3. The normalized spacial score (nSPS) is 12.5. The fourth-order valence-electron chi connectivity index (χ4n) is 1.21. The van der Waals surface area contributed by atoms with Crippen LogP contribution in [0.15, 0.2) is 18.2 Å². The topological polar surface area (TPSA) is 21.3 Å². The van der Waals surface area contributed by atoms with E-state index in [2.05, 4.69) is 19.2 Å². The minimum Gasteiger partial charge on any atom is -0.491 e. The summed E-state index contributed by atoms with van der Waals surface area (Å²) < 4.78 is 5.53. The molecule has 16 heavy (non-hydrogen) atoms. The molecule has 0 aromatic heterocycles. The predicted octanol–water partition coefficient (Wildman–Crippen LogP) is 3.76. The Labute approximate surface area is 107 Å². The first-order valence-corrected chi connectivity index (χ1v) is 6.21. The first-order valence-electron chi connectivity index (χ1n) is 5.45. The number of hydrogen-bond acceptors (Lipinski definition) is 2. The van der Waals surface area contributed by atoms with Gasteiger partial charge in [0.15, 0.2) is 0 Å². The summed E-state index contributed by atoms with van der Waals surface area (Å²) in [5, 5.41) is 4.34. The van der Waals surface area contributed by atoms with Crippen molar-refractivity contribution >= 4 is 23.2 Å². The van der Waals surface area contributed by atoms with E-state index in [1.807, 2.05) is 12.1 Å². The van der Waals surface area contributed by atoms with E-state index < -0.39 is 0 Å². The molecule has 1 N–H and O–H groups in total. The van der Waals surface area contributed by atoms with Crippen molar-refractivity contribution in [1.29, 1.82) is 0 Å². The Morgan fingerprint density at radius 3 is 2.81 bits per heavy atom. The van der Waals surface area contributed by atoms with Gasteiger partial charge in [-0.1, -0.05) is 36.2 Å². The summed E-state index contributed by atoms with van der Waals surface area (Å²) in [5.41, 5.74) is 0. The molecule has 0 aliphatic rings. The predicted molar refractivity (Wildman–Crippen MR) is 69.7 cm³/mol. The highest BCUT2D eigenvalue weighted by molar-refractivity contribution is 6.42. The van der Waals surface area contributed by atoms with Gasteiger partial charge in [0.05, 0.1) is 5.02 Å². The fraction of sp³-hybridized carbons (Fsp3) is 0.500. The van der Waals surface area contributed by atoms with Gasteiger partial charge in [0.25, 0.3) is 0 Å². The van der Waals surface area contributed by atoms with Gasteiger partial charge in [-0.2, -0.15) is 0 Å². The van der Waals surface area contributed by atoms with Crippen molar-refractivity contribution < 1.29 is 4.74 Å². The van der Waals surface area contributed by atoms with Crippen LogP contribution < -0.4 is 10.1 Å². The molecular formula is C12H17Cl2NO. The molecule has 1 unspecified atom stereocenters. The van der Waals surface area contributed by atoms with Crippen LogP contribution in [-0.4, -0.2) is 19.2 Å². The third kappa shape index (κ3) is 4.20. The van der Waals surface area contributed by atoms with Crippen molar-refractivity contribution in [2.75, 3.05) is 13.2 Å². The summed E-state index contributed by atoms with van der Waals surface area (Å²) >= 11 is 11.9. The molecule has 0 fully saturated rings. The molecule has 0 aliphatic heterocycles. The maximum absolute atomic E-state index is 5.98. The zero-order chi connectivity index (χ0) is 12.0. The standard InChI is InChI=1S/C12H17Cl2NO/c1-3-9(2)15-7-8-16-11-6-4-5-10(13)12(11)14/h4-6,9,15H,3,7-8H2,1-2H3. The van der Waals surface area contributed by atoms with E-state index in [9.17, 15) is 0 Å². The summed E-state index contributed by atoms with van der Waals surface area (Å²) in [6.07, 6.45) is 1.11. The SMILES string of the molecule is CCC(C)NCCOc1cccc(Cl)c1Cl. The van der Waals surface area contributed by atoms with Crippen LogP contribution in [0.5, 0.6) is 5.75 Å². The molecule has 0 radical (unpaired) electrons. The van der Waals surface area contributed by atoms with Crippen LogP contribution in [0.4, 0.5) is 0 Å². The second-order valence-corrected chi connectivity index (χ2v) is 4.45. The Bertz CT molecular complexity index is 331. The van der Waals surface area contributed by atoms with Crippen LogP contribution in [0, 0.1) is 0 Å². The maximum Gasteiger partial charge on any atom is 0.139 e. The van der Waals surface area contributed by atoms with Gasteiger partial charge in [-0.3, -0.25) is 0 Å². The van der Waals surface area contributed by atoms with Gasteiger partial charge in [-0.15, -0.1) is 0 Å². The lowest BCUT2D eigenvalue weighted by molar-refractivity contribution is 0.306. The van der Waals surface area contributed by atoms with Gasteiger partial charge in [-0.25, -0.2) is 0 Å². The van der Waals surface area contributed by atoms with Crippen LogP contribution in [0.25, 0.3) is 0 Å². The zero-order valence-electron chi connectivity index (χ0n) is 9.59. The Morgan fingerprint density at radius 2 is 2.12 bits per heavy atom. The van der Waals surface area contributed by atoms with E-state index in [1.165, 1.54) is 0 Å². The number of rotatable bonds is 6. The molecule has 0 saturated heterocycles. The van der Waals surface area contributed by atoms with Crippen LogP contribution >= 0.6 is 23.2 Å². The Morgan fingerprint density at radius 1 is 1.38 bits per heavy atom. The number of benzene rings is 1. The zero-order valence-corrected chi connectivity index (χ0v) is 11.1. The van der Waals surface area contributed by atoms with E-state index in [0.29, 0.717) is 28.4 Å². The van der Waals surface area contributed by atoms with Crippen molar-refractivity contribution in [2.24, 2.45) is 0 Å². The molecule has 0 bridgehead atoms. The molecule has 0 saturated carbocycles. The lowest BCUT2D eigenvalue weighted by Crippen LogP contribution is -2.29. The minimum absolute atomic E-state index is 0.479. The molecule has 1 aromatic rings. The van der Waals surface area contributed by atoms with Gasteiger partial charge >= 0.3 is 0 Å². The van der Waals surface area contributed by atoms with E-state index >= 15 is 0 Å². The van der Waals surface area contributed by atoms with Crippen molar-refractivity contribution in [3.05, 3.63) is 28.2 Å². The van der Waals surface area contributed by atoms with Gasteiger partial charge in [0.2, 0.25) is 0 Å². The monoisotopic (exact) mass is 261 g/mol. The third-order valence-electron chi connectivity index (χ3n) is 2.38. The van der Waals surface area contributed by atoms with Gasteiger partial charge in [0.1, 0.15) is 17.4 Å². The molecular weight excluding hydrogens is 245 g/mol. The highest BCUT2D eigenvalue weighted by Gasteiger charge is 2.05. The quantitative estimate of drug-likeness (QED) is 0.788. The Kier molecular flexibility index (Phi) is 5.96. The highest BCUT2D eigenvalue weighted by atomic mass is 35.5. The number of hydrogen-bond donors (Lipinski definition) is 1. The van der Waals surface area contributed by atoms with Crippen molar-refractivity contribution in [3.8, 4) is 5.75 Å². The Hall–Kier alpha value is -0.440. The molecule has 4 heteroatoms. The summed E-state index contributed by atoms with van der Waals surface area (Å²) in [7, 11) is 0. The van der Waals surface area contributed by atoms with Gasteiger partial charge in [0, 0.05) is 12.6 Å². The Balaban J connectivity index is 2.35. The number of ether oxygens (including phenoxy) is 1. The first-order chi connectivity index (χ1) is 7.65. The average molecular weight is 262 g/mol. The highest BCUT2D eigenvalue weighted by Crippen LogP contribution is 2.31. The molecule has 1 rings (SSSR count). The number of nitrogens with one attached hydrogen (secondary N) is 1. The average Bonchev–Trinajstić information content (AvgIpc) is 2.29. The lowest BCUT2D eigenvalue weighted by Gasteiger charge is -2.12. The number of halogens is 2. The summed E-state index contributed by atoms with van der Waals surface area (Å²) in [4.78, 5) is 0. The molecule has 1 atom stereocenters. The second kappa shape index (κ2) is 7.00. The van der Waals surface area contributed by atoms with Gasteiger partial charge in [-0.05, 0) is 25.5 Å². The minimum atomic E-state index is 0.479. The van der Waals surface area contributed by atoms with Crippen LogP contribution in [0.3, 0.4) is 0 Å². The van der Waals surface area contributed by atoms with Crippen LogP contribution in [0.1, 0.15) is 20.3 Å². The third-order valence-corrected chi connectivity index (χ3v) is 3.18. The maximum atomic E-state index is 5.98. The van der Waals surface area contributed by atoms with Crippen LogP contribution in [-0.2, 0) is 0 Å². The van der Waals surface area contributed by atoms with E-state index in [4.69, 9.17) is 27.9 Å². The van der Waals surface area contributed by atoms with Crippen molar-refractivity contribution in [3.63, 3.8) is 0 Å². The van der Waals surface area contributed by atoms with E-state index in [0.717, 1.165) is 13.0 Å². The molecule has 1 aromatic carbocycles. The summed E-state index contributed by atoms with van der Waals surface area (Å²) in [6, 6.07) is 5.90. The van der Waals surface area contributed by atoms with Gasteiger partial charge < -0.3 is 10.1 Å². The summed E-state index contributed by atoms with van der Waals surface area (Å²) in [5.74, 6) is 0.639. The fourth-order valence-corrected chi connectivity index (χ4v) is 1.55. The molecule has 90 valence electrons.